The van der Waals surface area contributed by atoms with Crippen molar-refractivity contribution < 1.29 is 22.8 Å². The van der Waals surface area contributed by atoms with Crippen molar-refractivity contribution in [2.75, 3.05) is 26.2 Å². The molecule has 156 valence electrons. The van der Waals surface area contributed by atoms with Crippen LogP contribution in [-0.4, -0.2) is 58.0 Å². The van der Waals surface area contributed by atoms with Crippen molar-refractivity contribution in [2.24, 2.45) is 0 Å². The number of aryl methyl sites for hydroxylation is 1. The Bertz CT molecular complexity index is 1110. The molecule has 0 bridgehead atoms. The zero-order valence-electron chi connectivity index (χ0n) is 16.2. The van der Waals surface area contributed by atoms with Gasteiger partial charge in [-0.15, -0.1) is 0 Å². The fourth-order valence-corrected chi connectivity index (χ4v) is 3.56. The third kappa shape index (κ3) is 3.74. The maximum atomic E-state index is 12.9. The van der Waals surface area contributed by atoms with E-state index in [4.69, 9.17) is 0 Å². The first-order valence-electron chi connectivity index (χ1n) is 9.44. The van der Waals surface area contributed by atoms with E-state index in [-0.39, 0.29) is 37.6 Å². The number of halogens is 3. The fraction of sp³-hybridized carbons (Fsp3) is 0.286. The Labute approximate surface area is 170 Å². The van der Waals surface area contributed by atoms with E-state index in [9.17, 15) is 22.8 Å². The third-order valence-corrected chi connectivity index (χ3v) is 5.21. The van der Waals surface area contributed by atoms with Gasteiger partial charge in [0.25, 0.3) is 11.8 Å². The molecule has 0 unspecified atom stereocenters. The van der Waals surface area contributed by atoms with Crippen LogP contribution in [0, 0.1) is 6.92 Å². The van der Waals surface area contributed by atoms with Crippen LogP contribution >= 0.6 is 0 Å². The van der Waals surface area contributed by atoms with Crippen molar-refractivity contribution in [3.8, 4) is 0 Å². The lowest BCUT2D eigenvalue weighted by Gasteiger charge is -2.34. The highest BCUT2D eigenvalue weighted by Crippen LogP contribution is 2.30. The average molecular weight is 416 g/mol. The molecule has 0 spiro atoms. The number of nitrogens with one attached hydrogen (secondary N) is 1. The maximum Gasteiger partial charge on any atom is 0.416 e. The number of piperazine rings is 1. The summed E-state index contributed by atoms with van der Waals surface area (Å²) in [4.78, 5) is 28.6. The molecule has 4 rings (SSSR count). The molecule has 0 aliphatic carbocycles. The van der Waals surface area contributed by atoms with Crippen LogP contribution in [0.2, 0.25) is 0 Å². The summed E-state index contributed by atoms with van der Waals surface area (Å²) >= 11 is 0. The Kier molecular flexibility index (Phi) is 4.97. The quantitative estimate of drug-likeness (QED) is 0.695. The Morgan fingerprint density at radius 3 is 2.30 bits per heavy atom. The van der Waals surface area contributed by atoms with Crippen LogP contribution in [0.4, 0.5) is 13.2 Å². The van der Waals surface area contributed by atoms with Gasteiger partial charge in [0.15, 0.2) is 5.69 Å². The van der Waals surface area contributed by atoms with Crippen LogP contribution in [0.25, 0.3) is 10.9 Å². The number of carbonyl (C=O) groups excluding carboxylic acids is 2. The van der Waals surface area contributed by atoms with Crippen molar-refractivity contribution in [1.82, 2.24) is 20.0 Å². The molecule has 1 aliphatic heterocycles. The summed E-state index contributed by atoms with van der Waals surface area (Å²) in [5, 5.41) is 7.73. The lowest BCUT2D eigenvalue weighted by molar-refractivity contribution is -0.137. The summed E-state index contributed by atoms with van der Waals surface area (Å²) in [5.41, 5.74) is 1.23. The summed E-state index contributed by atoms with van der Waals surface area (Å²) < 4.78 is 38.7. The largest absolute Gasteiger partial charge is 0.416 e. The standard InChI is InChI=1S/C21H19F3N4O2/c1-13-5-6-17-16(11-13)18(26-25-17)20(30)28-9-7-27(8-10-28)19(29)14-3-2-4-15(12-14)21(22,23)24/h2-6,11-12H,7-10H2,1H3,(H,25,26). The van der Waals surface area contributed by atoms with E-state index < -0.39 is 17.6 Å². The van der Waals surface area contributed by atoms with Gasteiger partial charge in [0.2, 0.25) is 0 Å². The molecule has 1 aliphatic rings. The summed E-state index contributed by atoms with van der Waals surface area (Å²) in [6.07, 6.45) is -4.51. The molecule has 2 aromatic carbocycles. The molecule has 9 heteroatoms. The van der Waals surface area contributed by atoms with E-state index in [0.29, 0.717) is 5.69 Å². The molecular formula is C21H19F3N4O2. The van der Waals surface area contributed by atoms with Crippen molar-refractivity contribution in [1.29, 1.82) is 0 Å². The lowest BCUT2D eigenvalue weighted by Crippen LogP contribution is -2.50. The molecule has 6 nitrogen and oxygen atoms in total. The number of hydrogen-bond acceptors (Lipinski definition) is 3. The van der Waals surface area contributed by atoms with Crippen LogP contribution in [0.5, 0.6) is 0 Å². The van der Waals surface area contributed by atoms with Gasteiger partial charge in [0.05, 0.1) is 11.1 Å². The molecule has 1 saturated heterocycles. The number of aromatic nitrogens is 2. The monoisotopic (exact) mass is 416 g/mol. The van der Waals surface area contributed by atoms with Gasteiger partial charge in [-0.1, -0.05) is 17.7 Å². The van der Waals surface area contributed by atoms with Gasteiger partial charge in [-0.2, -0.15) is 18.3 Å². The minimum absolute atomic E-state index is 0.0154. The fourth-order valence-electron chi connectivity index (χ4n) is 3.56. The minimum atomic E-state index is -4.51. The van der Waals surface area contributed by atoms with Crippen molar-refractivity contribution in [3.63, 3.8) is 0 Å². The van der Waals surface area contributed by atoms with E-state index in [2.05, 4.69) is 10.2 Å². The predicted molar refractivity (Wildman–Crippen MR) is 104 cm³/mol. The second-order valence-electron chi connectivity index (χ2n) is 7.28. The van der Waals surface area contributed by atoms with E-state index in [1.807, 2.05) is 25.1 Å². The first kappa shape index (κ1) is 19.9. The Hall–Kier alpha value is -3.36. The van der Waals surface area contributed by atoms with Crippen molar-refractivity contribution in [2.45, 2.75) is 13.1 Å². The SMILES string of the molecule is Cc1ccc2[nH]nc(C(=O)N3CCN(C(=O)c4cccc(C(F)(F)F)c4)CC3)c2c1. The number of amides is 2. The number of H-pyrrole nitrogens is 1. The number of rotatable bonds is 2. The Morgan fingerprint density at radius 2 is 1.63 bits per heavy atom. The zero-order valence-corrected chi connectivity index (χ0v) is 16.2. The Morgan fingerprint density at radius 1 is 0.967 bits per heavy atom. The number of hydrogen-bond donors (Lipinski definition) is 1. The minimum Gasteiger partial charge on any atom is -0.335 e. The molecular weight excluding hydrogens is 397 g/mol. The number of nitrogens with zero attached hydrogens (tertiary/aromatic N) is 3. The van der Waals surface area contributed by atoms with Crippen molar-refractivity contribution >= 4 is 22.7 Å². The number of carbonyl (C=O) groups is 2. The first-order valence-corrected chi connectivity index (χ1v) is 9.44. The zero-order chi connectivity index (χ0) is 21.5. The summed E-state index contributed by atoms with van der Waals surface area (Å²) in [6.45, 7) is 2.97. The molecule has 3 aromatic rings. The van der Waals surface area contributed by atoms with Crippen LogP contribution < -0.4 is 0 Å². The van der Waals surface area contributed by atoms with Gasteiger partial charge in [-0.3, -0.25) is 14.7 Å². The molecule has 2 heterocycles. The molecule has 1 N–H and O–H groups in total. The number of fused-ring (bicyclic) bond motifs is 1. The van der Waals surface area contributed by atoms with Gasteiger partial charge >= 0.3 is 6.18 Å². The van der Waals surface area contributed by atoms with Crippen molar-refractivity contribution in [3.05, 3.63) is 64.8 Å². The summed E-state index contributed by atoms with van der Waals surface area (Å²) in [6, 6.07) is 10.1. The highest BCUT2D eigenvalue weighted by Gasteiger charge is 2.32. The van der Waals surface area contributed by atoms with E-state index in [0.717, 1.165) is 28.6 Å². The predicted octanol–water partition coefficient (Wildman–Crippen LogP) is 3.49. The summed E-state index contributed by atoms with van der Waals surface area (Å²) in [7, 11) is 0. The van der Waals surface area contributed by atoms with Gasteiger partial charge < -0.3 is 9.80 Å². The molecule has 0 saturated carbocycles. The van der Waals surface area contributed by atoms with Crippen LogP contribution in [-0.2, 0) is 6.18 Å². The van der Waals surface area contributed by atoms with Crippen LogP contribution in [0.3, 0.4) is 0 Å². The van der Waals surface area contributed by atoms with E-state index >= 15 is 0 Å². The first-order chi connectivity index (χ1) is 14.2. The lowest BCUT2D eigenvalue weighted by atomic mass is 10.1. The number of alkyl halides is 3. The van der Waals surface area contributed by atoms with Gasteiger partial charge in [-0.25, -0.2) is 0 Å². The highest BCUT2D eigenvalue weighted by molar-refractivity contribution is 6.05. The van der Waals surface area contributed by atoms with Crippen LogP contribution in [0.15, 0.2) is 42.5 Å². The smallest absolute Gasteiger partial charge is 0.335 e. The molecule has 1 aromatic heterocycles. The van der Waals surface area contributed by atoms with Crippen LogP contribution in [0.1, 0.15) is 32.0 Å². The molecule has 0 radical (unpaired) electrons. The Balaban J connectivity index is 1.45. The normalized spacial score (nSPS) is 14.9. The van der Waals surface area contributed by atoms with Gasteiger partial charge in [0, 0.05) is 37.1 Å². The maximum absolute atomic E-state index is 12.9. The average Bonchev–Trinajstić information content (AvgIpc) is 3.15. The topological polar surface area (TPSA) is 69.3 Å². The second kappa shape index (κ2) is 7.47. The number of benzene rings is 2. The number of aromatic amines is 1. The van der Waals surface area contributed by atoms with Gasteiger partial charge in [0.1, 0.15) is 0 Å². The molecule has 1 fully saturated rings. The summed E-state index contributed by atoms with van der Waals surface area (Å²) in [5.74, 6) is -0.716. The third-order valence-electron chi connectivity index (χ3n) is 5.21. The highest BCUT2D eigenvalue weighted by atomic mass is 19.4. The molecule has 2 amide bonds. The van der Waals surface area contributed by atoms with E-state index in [1.54, 1.807) is 4.90 Å². The molecule has 0 atom stereocenters. The van der Waals surface area contributed by atoms with E-state index in [1.165, 1.54) is 17.0 Å². The molecule has 30 heavy (non-hydrogen) atoms. The second-order valence-corrected chi connectivity index (χ2v) is 7.28. The van der Waals surface area contributed by atoms with Gasteiger partial charge in [-0.05, 0) is 37.3 Å².